The van der Waals surface area contributed by atoms with Crippen molar-refractivity contribution >= 4 is 5.91 Å². The number of rotatable bonds is 9. The minimum absolute atomic E-state index is 0.0507. The van der Waals surface area contributed by atoms with Gasteiger partial charge in [-0.15, -0.1) is 11.7 Å². The van der Waals surface area contributed by atoms with Gasteiger partial charge in [-0.1, -0.05) is 36.4 Å². The monoisotopic (exact) mass is 377 g/mol. The molecule has 1 aromatic heterocycles. The van der Waals surface area contributed by atoms with Gasteiger partial charge >= 0.3 is 0 Å². The minimum Gasteiger partial charge on any atom is -0.486 e. The van der Waals surface area contributed by atoms with Gasteiger partial charge in [0.15, 0.2) is 5.82 Å². The lowest BCUT2D eigenvalue weighted by Gasteiger charge is -2.21. The Hall–Kier alpha value is -3.48. The van der Waals surface area contributed by atoms with Crippen LogP contribution in [0, 0.1) is 0 Å². The zero-order chi connectivity index (χ0) is 19.8. The van der Waals surface area contributed by atoms with Gasteiger partial charge < -0.3 is 9.64 Å². The van der Waals surface area contributed by atoms with Crippen LogP contribution in [0.2, 0.25) is 0 Å². The number of aromatic nitrogens is 4. The van der Waals surface area contributed by atoms with Gasteiger partial charge in [0.05, 0.1) is 0 Å². The van der Waals surface area contributed by atoms with E-state index in [1.54, 1.807) is 39.9 Å². The fourth-order valence-electron chi connectivity index (χ4n) is 2.78. The van der Waals surface area contributed by atoms with Crippen molar-refractivity contribution in [2.24, 2.45) is 0 Å². The molecule has 2 aromatic carbocycles. The smallest absolute Gasteiger partial charge is 0.254 e. The van der Waals surface area contributed by atoms with Crippen LogP contribution in [0.4, 0.5) is 0 Å². The van der Waals surface area contributed by atoms with Gasteiger partial charge in [0.25, 0.3) is 5.91 Å². The summed E-state index contributed by atoms with van der Waals surface area (Å²) >= 11 is 0. The molecule has 0 radical (unpaired) electrons. The van der Waals surface area contributed by atoms with Gasteiger partial charge in [-0.2, -0.15) is 0 Å². The predicted octanol–water partition coefficient (Wildman–Crippen LogP) is 3.10. The molecule has 3 rings (SSSR count). The van der Waals surface area contributed by atoms with E-state index in [0.717, 1.165) is 5.56 Å². The van der Waals surface area contributed by atoms with Crippen molar-refractivity contribution in [2.75, 3.05) is 6.54 Å². The Morgan fingerprint density at radius 2 is 1.93 bits per heavy atom. The molecule has 0 fully saturated rings. The Labute approximate surface area is 164 Å². The second-order valence-electron chi connectivity index (χ2n) is 6.18. The normalized spacial score (nSPS) is 10.5. The molecule has 1 heterocycles. The number of hydrogen-bond donors (Lipinski definition) is 0. The lowest BCUT2D eigenvalue weighted by molar-refractivity contribution is 0.0762. The van der Waals surface area contributed by atoms with Gasteiger partial charge in [-0.05, 0) is 47.2 Å². The fourth-order valence-corrected chi connectivity index (χ4v) is 2.78. The number of carbonyl (C=O) groups is 1. The van der Waals surface area contributed by atoms with Crippen molar-refractivity contribution in [1.29, 1.82) is 0 Å². The van der Waals surface area contributed by atoms with E-state index in [1.165, 1.54) is 0 Å². The molecule has 0 saturated carbocycles. The van der Waals surface area contributed by atoms with E-state index in [4.69, 9.17) is 4.74 Å². The van der Waals surface area contributed by atoms with E-state index in [9.17, 15) is 4.79 Å². The molecule has 0 atom stereocenters. The Morgan fingerprint density at radius 3 is 2.61 bits per heavy atom. The Balaban J connectivity index is 1.65. The van der Waals surface area contributed by atoms with Crippen LogP contribution in [-0.4, -0.2) is 37.6 Å². The molecule has 1 amide bonds. The van der Waals surface area contributed by atoms with Crippen molar-refractivity contribution in [3.05, 3.63) is 84.2 Å². The highest BCUT2D eigenvalue weighted by Crippen LogP contribution is 2.16. The summed E-state index contributed by atoms with van der Waals surface area (Å²) in [5.41, 5.74) is 1.68. The molecule has 7 heteroatoms. The average molecular weight is 377 g/mol. The topological polar surface area (TPSA) is 73.1 Å². The van der Waals surface area contributed by atoms with Gasteiger partial charge in [0.2, 0.25) is 0 Å². The van der Waals surface area contributed by atoms with Gasteiger partial charge in [0, 0.05) is 25.2 Å². The van der Waals surface area contributed by atoms with Crippen molar-refractivity contribution in [3.8, 4) is 5.75 Å². The molecule has 0 saturated heterocycles. The summed E-state index contributed by atoms with van der Waals surface area (Å²) in [5.74, 6) is 1.26. The number of benzene rings is 2. The predicted molar refractivity (Wildman–Crippen MR) is 106 cm³/mol. The maximum absolute atomic E-state index is 12.9. The Kier molecular flexibility index (Phi) is 6.51. The van der Waals surface area contributed by atoms with Crippen LogP contribution in [-0.2, 0) is 19.7 Å². The number of tetrazole rings is 1. The van der Waals surface area contributed by atoms with Crippen LogP contribution >= 0.6 is 0 Å². The molecule has 0 unspecified atom stereocenters. The molecule has 28 heavy (non-hydrogen) atoms. The van der Waals surface area contributed by atoms with E-state index < -0.39 is 0 Å². The maximum atomic E-state index is 12.9. The van der Waals surface area contributed by atoms with E-state index >= 15 is 0 Å². The summed E-state index contributed by atoms with van der Waals surface area (Å²) in [6.07, 6.45) is 1.73. The van der Waals surface area contributed by atoms with E-state index in [-0.39, 0.29) is 12.5 Å². The van der Waals surface area contributed by atoms with Crippen LogP contribution in [0.15, 0.2) is 67.3 Å². The molecule has 7 nitrogen and oxygen atoms in total. The van der Waals surface area contributed by atoms with Gasteiger partial charge in [0.1, 0.15) is 12.4 Å². The van der Waals surface area contributed by atoms with Gasteiger partial charge in [-0.3, -0.25) is 4.79 Å². The molecule has 0 aliphatic carbocycles. The van der Waals surface area contributed by atoms with Crippen LogP contribution in [0.5, 0.6) is 5.75 Å². The minimum atomic E-state index is -0.0507. The maximum Gasteiger partial charge on any atom is 0.254 e. The third kappa shape index (κ3) is 4.82. The summed E-state index contributed by atoms with van der Waals surface area (Å²) in [6.45, 7) is 7.68. The summed E-state index contributed by atoms with van der Waals surface area (Å²) < 4.78 is 7.40. The fraction of sp³-hybridized carbons (Fsp3) is 0.238. The van der Waals surface area contributed by atoms with Crippen LogP contribution in [0.3, 0.4) is 0 Å². The second-order valence-corrected chi connectivity index (χ2v) is 6.18. The molecule has 0 aliphatic rings. The highest BCUT2D eigenvalue weighted by molar-refractivity contribution is 5.94. The van der Waals surface area contributed by atoms with Crippen molar-refractivity contribution in [3.63, 3.8) is 0 Å². The first kappa shape index (κ1) is 19.3. The highest BCUT2D eigenvalue weighted by atomic mass is 16.5. The summed E-state index contributed by atoms with van der Waals surface area (Å²) in [7, 11) is 0. The molecule has 3 aromatic rings. The number of hydrogen-bond acceptors (Lipinski definition) is 5. The molecule has 0 N–H and O–H groups in total. The first-order chi connectivity index (χ1) is 13.7. The van der Waals surface area contributed by atoms with Crippen LogP contribution in [0.25, 0.3) is 0 Å². The zero-order valence-corrected chi connectivity index (χ0v) is 15.9. The molecular formula is C21H23N5O2. The zero-order valence-electron chi connectivity index (χ0n) is 15.9. The lowest BCUT2D eigenvalue weighted by atomic mass is 10.1. The number of aryl methyl sites for hydroxylation is 1. The number of ether oxygens (including phenoxy) is 1. The second kappa shape index (κ2) is 9.45. The van der Waals surface area contributed by atoms with Crippen LogP contribution < -0.4 is 4.74 Å². The quantitative estimate of drug-likeness (QED) is 0.536. The highest BCUT2D eigenvalue weighted by Gasteiger charge is 2.15. The van der Waals surface area contributed by atoms with Crippen LogP contribution in [0.1, 0.15) is 28.7 Å². The number of amides is 1. The summed E-state index contributed by atoms with van der Waals surface area (Å²) in [4.78, 5) is 14.6. The molecule has 0 aliphatic heterocycles. The van der Waals surface area contributed by atoms with Crippen molar-refractivity contribution in [2.45, 2.75) is 26.6 Å². The van der Waals surface area contributed by atoms with Crippen molar-refractivity contribution in [1.82, 2.24) is 25.1 Å². The molecule has 0 spiro atoms. The standard InChI is InChI=1S/C21H23N5O2/c1-3-14-25(15-17-8-6-5-7-9-17)21(27)18-10-12-19(13-11-18)28-16-20-22-23-24-26(20)4-2/h3,5-13H,1,4,14-16H2,2H3. The van der Waals surface area contributed by atoms with E-state index in [1.807, 2.05) is 37.3 Å². The SMILES string of the molecule is C=CCN(Cc1ccccc1)C(=O)c1ccc(OCc2nnnn2CC)cc1. The molecular weight excluding hydrogens is 354 g/mol. The van der Waals surface area contributed by atoms with Crippen molar-refractivity contribution < 1.29 is 9.53 Å². The third-order valence-corrected chi connectivity index (χ3v) is 4.23. The molecule has 0 bridgehead atoms. The van der Waals surface area contributed by atoms with E-state index in [2.05, 4.69) is 22.1 Å². The first-order valence-corrected chi connectivity index (χ1v) is 9.13. The summed E-state index contributed by atoms with van der Waals surface area (Å²) in [6, 6.07) is 17.0. The average Bonchev–Trinajstić information content (AvgIpc) is 3.20. The Bertz CT molecular complexity index is 906. The lowest BCUT2D eigenvalue weighted by Crippen LogP contribution is -2.30. The largest absolute Gasteiger partial charge is 0.486 e. The summed E-state index contributed by atoms with van der Waals surface area (Å²) in [5, 5.41) is 11.4. The van der Waals surface area contributed by atoms with Gasteiger partial charge in [-0.25, -0.2) is 4.68 Å². The number of carbonyl (C=O) groups excluding carboxylic acids is 1. The van der Waals surface area contributed by atoms with E-state index in [0.29, 0.717) is 36.8 Å². The first-order valence-electron chi connectivity index (χ1n) is 9.13. The third-order valence-electron chi connectivity index (χ3n) is 4.23. The number of nitrogens with zero attached hydrogens (tertiary/aromatic N) is 5. The Morgan fingerprint density at radius 1 is 1.18 bits per heavy atom. The molecule has 144 valence electrons.